The Bertz CT molecular complexity index is 443. The van der Waals surface area contributed by atoms with Crippen LogP contribution in [0, 0.1) is 5.92 Å². The average molecular weight is 265 g/mol. The Morgan fingerprint density at radius 3 is 2.58 bits per heavy atom. The van der Waals surface area contributed by atoms with Crippen LogP contribution >= 0.6 is 0 Å². The molecule has 0 unspecified atom stereocenters. The summed E-state index contributed by atoms with van der Waals surface area (Å²) in [5.41, 5.74) is 5.42. The molecule has 0 aliphatic heterocycles. The zero-order valence-corrected chi connectivity index (χ0v) is 11.4. The third-order valence-electron chi connectivity index (χ3n) is 2.29. The van der Waals surface area contributed by atoms with Gasteiger partial charge in [0.1, 0.15) is 0 Å². The largest absolute Gasteiger partial charge is 0.477 e. The van der Waals surface area contributed by atoms with Crippen LogP contribution in [0.2, 0.25) is 0 Å². The fourth-order valence-electron chi connectivity index (χ4n) is 1.37. The summed E-state index contributed by atoms with van der Waals surface area (Å²) < 4.78 is 5.42. The van der Waals surface area contributed by atoms with Crippen molar-refractivity contribution in [3.05, 3.63) is 23.9 Å². The Balaban J connectivity index is 2.65. The first-order valence-corrected chi connectivity index (χ1v) is 6.02. The van der Waals surface area contributed by atoms with Gasteiger partial charge in [-0.1, -0.05) is 13.8 Å². The van der Waals surface area contributed by atoms with Gasteiger partial charge in [0.2, 0.25) is 11.8 Å². The number of primary amides is 1. The van der Waals surface area contributed by atoms with Crippen LogP contribution in [0.15, 0.2) is 18.3 Å². The van der Waals surface area contributed by atoms with Crippen molar-refractivity contribution in [1.82, 2.24) is 9.88 Å². The molecule has 6 nitrogen and oxygen atoms in total. The van der Waals surface area contributed by atoms with E-state index in [2.05, 4.69) is 4.98 Å². The van der Waals surface area contributed by atoms with Crippen LogP contribution in [0.3, 0.4) is 0 Å². The minimum atomic E-state index is -0.555. The van der Waals surface area contributed by atoms with E-state index in [0.717, 1.165) is 0 Å². The van der Waals surface area contributed by atoms with Crippen LogP contribution in [0.4, 0.5) is 0 Å². The number of nitrogens with zero attached hydrogens (tertiary/aromatic N) is 2. The standard InChI is InChI=1S/C13H19N3O3/c1-9(2)8-19-12-5-4-10(6-15-12)13(18)16(3)7-11(14)17/h4-6,9H,7-8H2,1-3H3,(H2,14,17). The Hall–Kier alpha value is -2.11. The molecule has 1 heterocycles. The Labute approximate surface area is 112 Å². The van der Waals surface area contributed by atoms with Crippen LogP contribution in [0.25, 0.3) is 0 Å². The maximum Gasteiger partial charge on any atom is 0.255 e. The third-order valence-corrected chi connectivity index (χ3v) is 2.29. The molecular formula is C13H19N3O3. The molecule has 0 aromatic carbocycles. The third kappa shape index (κ3) is 4.95. The number of likely N-dealkylation sites (N-methyl/N-ethyl adjacent to an activating group) is 1. The zero-order valence-electron chi connectivity index (χ0n) is 11.4. The highest BCUT2D eigenvalue weighted by Gasteiger charge is 2.13. The molecule has 104 valence electrons. The molecule has 1 rings (SSSR count). The van der Waals surface area contributed by atoms with Crippen LogP contribution in [0.1, 0.15) is 24.2 Å². The van der Waals surface area contributed by atoms with Crippen molar-refractivity contribution in [3.63, 3.8) is 0 Å². The number of ether oxygens (including phenoxy) is 1. The lowest BCUT2D eigenvalue weighted by Crippen LogP contribution is -2.35. The molecule has 2 amide bonds. The number of rotatable bonds is 6. The van der Waals surface area contributed by atoms with Gasteiger partial charge in [0.25, 0.3) is 5.91 Å². The number of hydrogen-bond donors (Lipinski definition) is 1. The van der Waals surface area contributed by atoms with Crippen LogP contribution in [-0.2, 0) is 4.79 Å². The van der Waals surface area contributed by atoms with Gasteiger partial charge < -0.3 is 15.4 Å². The van der Waals surface area contributed by atoms with Gasteiger partial charge in [-0.2, -0.15) is 0 Å². The molecule has 0 aliphatic rings. The maximum absolute atomic E-state index is 11.9. The van der Waals surface area contributed by atoms with Gasteiger partial charge in [0, 0.05) is 19.3 Å². The molecule has 1 aromatic heterocycles. The maximum atomic E-state index is 11.9. The molecule has 0 aliphatic carbocycles. The smallest absolute Gasteiger partial charge is 0.255 e. The van der Waals surface area contributed by atoms with Crippen molar-refractivity contribution < 1.29 is 14.3 Å². The molecule has 0 bridgehead atoms. The lowest BCUT2D eigenvalue weighted by Gasteiger charge is -2.15. The number of hydrogen-bond acceptors (Lipinski definition) is 4. The van der Waals surface area contributed by atoms with Crippen molar-refractivity contribution in [1.29, 1.82) is 0 Å². The molecule has 1 aromatic rings. The number of carbonyl (C=O) groups excluding carboxylic acids is 2. The lowest BCUT2D eigenvalue weighted by molar-refractivity contribution is -0.118. The quantitative estimate of drug-likeness (QED) is 0.819. The van der Waals surface area contributed by atoms with E-state index in [1.54, 1.807) is 12.1 Å². The van der Waals surface area contributed by atoms with E-state index >= 15 is 0 Å². The monoisotopic (exact) mass is 265 g/mol. The molecule has 0 saturated heterocycles. The molecule has 0 atom stereocenters. The summed E-state index contributed by atoms with van der Waals surface area (Å²) in [6.07, 6.45) is 1.43. The molecule has 0 spiro atoms. The van der Waals surface area contributed by atoms with Crippen LogP contribution < -0.4 is 10.5 Å². The minimum Gasteiger partial charge on any atom is -0.477 e. The SMILES string of the molecule is CC(C)COc1ccc(C(=O)N(C)CC(N)=O)cn1. The van der Waals surface area contributed by atoms with Crippen molar-refractivity contribution in [3.8, 4) is 5.88 Å². The van der Waals surface area contributed by atoms with E-state index in [1.165, 1.54) is 18.1 Å². The normalized spacial score (nSPS) is 10.3. The topological polar surface area (TPSA) is 85.5 Å². The first-order valence-electron chi connectivity index (χ1n) is 6.02. The van der Waals surface area contributed by atoms with Gasteiger partial charge in [-0.25, -0.2) is 4.98 Å². The molecule has 0 fully saturated rings. The number of pyridine rings is 1. The van der Waals surface area contributed by atoms with E-state index in [-0.39, 0.29) is 12.5 Å². The number of nitrogens with two attached hydrogens (primary N) is 1. The molecular weight excluding hydrogens is 246 g/mol. The predicted octanol–water partition coefficient (Wildman–Crippen LogP) is 0.674. The predicted molar refractivity (Wildman–Crippen MR) is 70.7 cm³/mol. The Kier molecular flexibility index (Phi) is 5.29. The van der Waals surface area contributed by atoms with E-state index in [4.69, 9.17) is 10.5 Å². The highest BCUT2D eigenvalue weighted by atomic mass is 16.5. The van der Waals surface area contributed by atoms with Gasteiger partial charge in [-0.15, -0.1) is 0 Å². The van der Waals surface area contributed by atoms with E-state index in [1.807, 2.05) is 13.8 Å². The van der Waals surface area contributed by atoms with Gasteiger partial charge >= 0.3 is 0 Å². The summed E-state index contributed by atoms with van der Waals surface area (Å²) >= 11 is 0. The Morgan fingerprint density at radius 1 is 1.42 bits per heavy atom. The highest BCUT2D eigenvalue weighted by molar-refractivity contribution is 5.95. The fraction of sp³-hybridized carbons (Fsp3) is 0.462. The first kappa shape index (κ1) is 14.9. The minimum absolute atomic E-state index is 0.121. The summed E-state index contributed by atoms with van der Waals surface area (Å²) in [6, 6.07) is 3.25. The molecule has 6 heteroatoms. The van der Waals surface area contributed by atoms with Gasteiger partial charge in [-0.3, -0.25) is 9.59 Å². The summed E-state index contributed by atoms with van der Waals surface area (Å²) in [6.45, 7) is 4.53. The summed E-state index contributed by atoms with van der Waals surface area (Å²) in [5.74, 6) is 0.0232. The van der Waals surface area contributed by atoms with Crippen LogP contribution in [0.5, 0.6) is 5.88 Å². The molecule has 0 saturated carbocycles. The number of amides is 2. The second kappa shape index (κ2) is 6.72. The number of aromatic nitrogens is 1. The average Bonchev–Trinajstić information content (AvgIpc) is 2.35. The number of carbonyl (C=O) groups is 2. The van der Waals surface area contributed by atoms with E-state index in [9.17, 15) is 9.59 Å². The van der Waals surface area contributed by atoms with Crippen molar-refractivity contribution >= 4 is 11.8 Å². The molecule has 19 heavy (non-hydrogen) atoms. The van der Waals surface area contributed by atoms with Gasteiger partial charge in [-0.05, 0) is 12.0 Å². The second-order valence-corrected chi connectivity index (χ2v) is 4.72. The van der Waals surface area contributed by atoms with E-state index in [0.29, 0.717) is 24.0 Å². The first-order chi connectivity index (χ1) is 8.90. The molecule has 0 radical (unpaired) electrons. The van der Waals surface area contributed by atoms with Gasteiger partial charge in [0.15, 0.2) is 0 Å². The van der Waals surface area contributed by atoms with Crippen molar-refractivity contribution in [2.24, 2.45) is 11.7 Å². The van der Waals surface area contributed by atoms with E-state index < -0.39 is 5.91 Å². The van der Waals surface area contributed by atoms with Crippen molar-refractivity contribution in [2.75, 3.05) is 20.2 Å². The summed E-state index contributed by atoms with van der Waals surface area (Å²) in [7, 11) is 1.51. The highest BCUT2D eigenvalue weighted by Crippen LogP contribution is 2.10. The lowest BCUT2D eigenvalue weighted by atomic mass is 10.2. The van der Waals surface area contributed by atoms with Crippen LogP contribution in [-0.4, -0.2) is 41.9 Å². The Morgan fingerprint density at radius 2 is 2.11 bits per heavy atom. The fourth-order valence-corrected chi connectivity index (χ4v) is 1.37. The summed E-state index contributed by atoms with van der Waals surface area (Å²) in [5, 5.41) is 0. The summed E-state index contributed by atoms with van der Waals surface area (Å²) in [4.78, 5) is 27.9. The molecule has 2 N–H and O–H groups in total. The zero-order chi connectivity index (χ0) is 14.4. The second-order valence-electron chi connectivity index (χ2n) is 4.72. The van der Waals surface area contributed by atoms with Gasteiger partial charge in [0.05, 0.1) is 18.7 Å². The van der Waals surface area contributed by atoms with Crippen molar-refractivity contribution in [2.45, 2.75) is 13.8 Å².